The van der Waals surface area contributed by atoms with Crippen LogP contribution in [0.25, 0.3) is 0 Å². The number of halogens is 2. The quantitative estimate of drug-likeness (QED) is 0.817. The average Bonchev–Trinajstić information content (AvgIpc) is 2.53. The zero-order chi connectivity index (χ0) is 14.1. The highest BCUT2D eigenvalue weighted by molar-refractivity contribution is 8.26. The summed E-state index contributed by atoms with van der Waals surface area (Å²) in [5.74, 6) is 0. The smallest absolute Gasteiger partial charge is 0.247 e. The van der Waals surface area contributed by atoms with Gasteiger partial charge in [0.25, 0.3) is 0 Å². The van der Waals surface area contributed by atoms with Crippen molar-refractivity contribution in [3.8, 4) is 0 Å². The van der Waals surface area contributed by atoms with E-state index in [2.05, 4.69) is 5.10 Å². The number of aryl methyl sites for hydroxylation is 1. The van der Waals surface area contributed by atoms with Crippen LogP contribution in [0.5, 0.6) is 0 Å². The maximum Gasteiger partial charge on any atom is 0.247 e. The first-order chi connectivity index (χ1) is 8.21. The SMILES string of the molecule is COS(OC(C)C)=P(O)(O)c1nn(C)c(Cl)c1Cl. The predicted octanol–water partition coefficient (Wildman–Crippen LogP) is 1.62. The molecule has 0 saturated heterocycles. The topological polar surface area (TPSA) is 76.7 Å². The maximum absolute atomic E-state index is 10.2. The molecule has 1 rings (SSSR count). The molecule has 1 atom stereocenters. The zero-order valence-corrected chi connectivity index (χ0v) is 13.5. The molecule has 0 aliphatic carbocycles. The van der Waals surface area contributed by atoms with Crippen LogP contribution in [0.4, 0.5) is 0 Å². The molecule has 0 aliphatic rings. The van der Waals surface area contributed by atoms with Gasteiger partial charge in [0.1, 0.15) is 20.8 Å². The monoisotopic (exact) mass is 336 g/mol. The minimum absolute atomic E-state index is 0.000550. The van der Waals surface area contributed by atoms with Gasteiger partial charge in [0.15, 0.2) is 5.44 Å². The Morgan fingerprint density at radius 2 is 1.94 bits per heavy atom. The second-order valence-corrected chi connectivity index (χ2v) is 9.25. The lowest BCUT2D eigenvalue weighted by Crippen LogP contribution is -2.17. The van der Waals surface area contributed by atoms with E-state index in [0.717, 1.165) is 0 Å². The van der Waals surface area contributed by atoms with Crippen LogP contribution in [0.3, 0.4) is 0 Å². The molecule has 18 heavy (non-hydrogen) atoms. The Hall–Kier alpha value is 0.410. The van der Waals surface area contributed by atoms with E-state index in [1.54, 1.807) is 20.9 Å². The van der Waals surface area contributed by atoms with Gasteiger partial charge < -0.3 is 9.79 Å². The Bertz CT molecular complexity index is 500. The maximum atomic E-state index is 10.2. The van der Waals surface area contributed by atoms with Gasteiger partial charge in [0.05, 0.1) is 13.2 Å². The van der Waals surface area contributed by atoms with E-state index in [4.69, 9.17) is 31.6 Å². The van der Waals surface area contributed by atoms with E-state index in [9.17, 15) is 9.79 Å². The Labute approximate surface area is 118 Å². The summed E-state index contributed by atoms with van der Waals surface area (Å²) in [7, 11) is 1.35. The van der Waals surface area contributed by atoms with Gasteiger partial charge in [-0.05, 0) is 13.8 Å². The highest BCUT2D eigenvalue weighted by Crippen LogP contribution is 2.44. The summed E-state index contributed by atoms with van der Waals surface area (Å²) in [5, 5.41) is 4.03. The van der Waals surface area contributed by atoms with Crippen LogP contribution in [0, 0.1) is 0 Å². The molecule has 1 aromatic heterocycles. The molecule has 0 spiro atoms. The van der Waals surface area contributed by atoms with Gasteiger partial charge in [-0.1, -0.05) is 23.2 Å². The van der Waals surface area contributed by atoms with Gasteiger partial charge >= 0.3 is 0 Å². The molecule has 1 aromatic rings. The molecular formula is C8H15Cl2N2O4PS. The molecular weight excluding hydrogens is 322 g/mol. The van der Waals surface area contributed by atoms with E-state index in [0.29, 0.717) is 0 Å². The number of rotatable bonds is 4. The lowest BCUT2D eigenvalue weighted by atomic mass is 10.5. The van der Waals surface area contributed by atoms with Crippen molar-refractivity contribution in [3.05, 3.63) is 10.2 Å². The van der Waals surface area contributed by atoms with Crippen LogP contribution in [-0.2, 0) is 26.0 Å². The van der Waals surface area contributed by atoms with Crippen molar-refractivity contribution < 1.29 is 18.2 Å². The first kappa shape index (κ1) is 16.5. The first-order valence-electron chi connectivity index (χ1n) is 4.91. The van der Waals surface area contributed by atoms with Gasteiger partial charge in [-0.25, -0.2) is 0 Å². The summed E-state index contributed by atoms with van der Waals surface area (Å²) in [6, 6.07) is 0. The third-order valence-corrected chi connectivity index (χ3v) is 7.41. The summed E-state index contributed by atoms with van der Waals surface area (Å²) < 4.78 is 11.6. The molecule has 0 aliphatic heterocycles. The number of hydrogen-bond donors (Lipinski definition) is 2. The molecule has 1 unspecified atom stereocenters. The van der Waals surface area contributed by atoms with E-state index >= 15 is 0 Å². The molecule has 0 bridgehead atoms. The third kappa shape index (κ3) is 3.29. The highest BCUT2D eigenvalue weighted by Gasteiger charge is 2.30. The lowest BCUT2D eigenvalue weighted by molar-refractivity contribution is 0.247. The average molecular weight is 337 g/mol. The standard InChI is InChI=1S/C8H15Cl2N2O4PS/c1-5(2)16-18(15-4)17(13,14)8-6(9)7(10)12(3)11-8/h5,13-14H,1-4H3. The molecule has 106 valence electrons. The van der Waals surface area contributed by atoms with E-state index in [1.807, 2.05) is 0 Å². The van der Waals surface area contributed by atoms with Gasteiger partial charge in [0, 0.05) is 7.05 Å². The summed E-state index contributed by atoms with van der Waals surface area (Å²) in [6.07, 6.45) is -0.232. The van der Waals surface area contributed by atoms with Crippen molar-refractivity contribution in [1.29, 1.82) is 0 Å². The van der Waals surface area contributed by atoms with E-state index in [1.165, 1.54) is 11.8 Å². The summed E-state index contributed by atoms with van der Waals surface area (Å²) in [4.78, 5) is 20.4. The second kappa shape index (κ2) is 6.24. The predicted molar refractivity (Wildman–Crippen MR) is 74.8 cm³/mol. The molecule has 0 saturated carbocycles. The molecule has 2 N–H and O–H groups in total. The van der Waals surface area contributed by atoms with Crippen LogP contribution in [0.15, 0.2) is 0 Å². The van der Waals surface area contributed by atoms with Crippen LogP contribution in [0.1, 0.15) is 13.8 Å². The third-order valence-electron chi connectivity index (χ3n) is 1.81. The minimum atomic E-state index is -3.77. The van der Waals surface area contributed by atoms with Gasteiger partial charge in [0.2, 0.25) is 6.49 Å². The van der Waals surface area contributed by atoms with Crippen LogP contribution in [-0.4, -0.2) is 32.8 Å². The summed E-state index contributed by atoms with van der Waals surface area (Å²) in [5.41, 5.74) is -0.0949. The van der Waals surface area contributed by atoms with E-state index in [-0.39, 0.29) is 21.7 Å². The van der Waals surface area contributed by atoms with Crippen LogP contribution < -0.4 is 5.44 Å². The van der Waals surface area contributed by atoms with Gasteiger partial charge in [-0.2, -0.15) is 5.10 Å². The molecule has 0 fully saturated rings. The van der Waals surface area contributed by atoms with Crippen LogP contribution >= 0.6 is 29.7 Å². The Kier molecular flexibility index (Phi) is 5.71. The normalized spacial score (nSPS) is 14.3. The molecule has 0 aromatic carbocycles. The number of aromatic nitrogens is 2. The Balaban J connectivity index is 3.41. The van der Waals surface area contributed by atoms with Crippen LogP contribution in [0.2, 0.25) is 10.2 Å². The van der Waals surface area contributed by atoms with Gasteiger partial charge in [-0.15, -0.1) is 0 Å². The fraction of sp³-hybridized carbons (Fsp3) is 0.625. The number of hydrogen-bond acceptors (Lipinski definition) is 3. The molecule has 1 heterocycles. The lowest BCUT2D eigenvalue weighted by Gasteiger charge is -2.18. The Morgan fingerprint density at radius 1 is 1.39 bits per heavy atom. The molecule has 6 nitrogen and oxygen atoms in total. The highest BCUT2D eigenvalue weighted by atomic mass is 35.5. The van der Waals surface area contributed by atoms with Crippen molar-refractivity contribution in [3.63, 3.8) is 0 Å². The van der Waals surface area contributed by atoms with Crippen molar-refractivity contribution in [1.82, 2.24) is 9.78 Å². The summed E-state index contributed by atoms with van der Waals surface area (Å²) >= 11 is 11.8. The number of nitrogens with zero attached hydrogens (tertiary/aromatic N) is 2. The van der Waals surface area contributed by atoms with Gasteiger partial charge in [-0.3, -0.25) is 13.0 Å². The van der Waals surface area contributed by atoms with Crippen molar-refractivity contribution in [2.45, 2.75) is 20.0 Å². The fourth-order valence-electron chi connectivity index (χ4n) is 1.09. The molecule has 0 radical (unpaired) electrons. The summed E-state index contributed by atoms with van der Waals surface area (Å²) in [6.45, 7) is -0.256. The molecule has 10 heteroatoms. The van der Waals surface area contributed by atoms with E-state index < -0.39 is 17.1 Å². The fourth-order valence-corrected chi connectivity index (χ4v) is 5.74. The van der Waals surface area contributed by atoms with Crippen molar-refractivity contribution in [2.24, 2.45) is 7.05 Å². The van der Waals surface area contributed by atoms with Crippen molar-refractivity contribution in [2.75, 3.05) is 7.11 Å². The zero-order valence-electron chi connectivity index (χ0n) is 10.3. The minimum Gasteiger partial charge on any atom is -0.342 e. The Morgan fingerprint density at radius 3 is 2.28 bits per heavy atom. The largest absolute Gasteiger partial charge is 0.342 e. The first-order valence-corrected chi connectivity index (χ1v) is 9.04. The van der Waals surface area contributed by atoms with Crippen molar-refractivity contribution >= 4 is 45.8 Å². The molecule has 0 amide bonds. The second-order valence-electron chi connectivity index (χ2n) is 3.62.